The van der Waals surface area contributed by atoms with E-state index in [1.807, 2.05) is 26.1 Å². The van der Waals surface area contributed by atoms with Crippen LogP contribution < -0.4 is 5.32 Å². The second-order valence-corrected chi connectivity index (χ2v) is 7.91. The molecule has 1 aliphatic heterocycles. The van der Waals surface area contributed by atoms with Gasteiger partial charge in [0.25, 0.3) is 0 Å². The Kier molecular flexibility index (Phi) is 6.78. The number of nitrogens with zero attached hydrogens (tertiary/aromatic N) is 3. The maximum atomic E-state index is 13.0. The monoisotopic (exact) mass is 386 g/mol. The molecule has 2 heterocycles. The SMILES string of the molecule is CCN(C(=O)NCCc1cccnc1)C(=O)[C@@H]1C[C@@H]2CC(=O)CC[C@H]2N(C)C1. The summed E-state index contributed by atoms with van der Waals surface area (Å²) in [7, 11) is 2.02. The van der Waals surface area contributed by atoms with Gasteiger partial charge in [0.1, 0.15) is 5.78 Å². The molecule has 0 radical (unpaired) electrons. The lowest BCUT2D eigenvalue weighted by Gasteiger charge is -2.45. The normalized spacial score (nSPS) is 25.1. The average Bonchev–Trinajstić information content (AvgIpc) is 2.68. The number of fused-ring (bicyclic) bond motifs is 1. The standard InChI is InChI=1S/C21H30N4O3/c1-3-25(21(28)23-10-8-15-5-4-9-22-13-15)20(27)17-11-16-12-18(26)6-7-19(16)24(2)14-17/h4-5,9,13,16-17,19H,3,6-8,10-12,14H2,1-2H3,(H,23,28)/t16-,17-,19-/m1/s1. The molecule has 28 heavy (non-hydrogen) atoms. The number of carbonyl (C=O) groups is 3. The molecule has 152 valence electrons. The van der Waals surface area contributed by atoms with Crippen molar-refractivity contribution in [3.8, 4) is 0 Å². The predicted molar refractivity (Wildman–Crippen MR) is 106 cm³/mol. The molecule has 1 N–H and O–H groups in total. The maximum absolute atomic E-state index is 13.0. The molecule has 1 saturated carbocycles. The first kappa shape index (κ1) is 20.5. The minimum Gasteiger partial charge on any atom is -0.337 e. The van der Waals surface area contributed by atoms with Gasteiger partial charge in [-0.1, -0.05) is 6.07 Å². The highest BCUT2D eigenvalue weighted by Crippen LogP contribution is 2.36. The first-order valence-corrected chi connectivity index (χ1v) is 10.2. The Morgan fingerprint density at radius 3 is 2.93 bits per heavy atom. The van der Waals surface area contributed by atoms with Crippen LogP contribution in [0.4, 0.5) is 4.79 Å². The molecule has 1 aliphatic carbocycles. The van der Waals surface area contributed by atoms with Gasteiger partial charge in [0.15, 0.2) is 0 Å². The van der Waals surface area contributed by atoms with Crippen LogP contribution in [0.15, 0.2) is 24.5 Å². The number of hydrogen-bond acceptors (Lipinski definition) is 5. The number of amides is 3. The number of ketones is 1. The van der Waals surface area contributed by atoms with Gasteiger partial charge in [-0.2, -0.15) is 0 Å². The van der Waals surface area contributed by atoms with Gasteiger partial charge in [0, 0.05) is 50.9 Å². The second kappa shape index (κ2) is 9.28. The smallest absolute Gasteiger partial charge is 0.324 e. The number of imide groups is 1. The van der Waals surface area contributed by atoms with Crippen molar-refractivity contribution in [1.29, 1.82) is 0 Å². The van der Waals surface area contributed by atoms with E-state index in [2.05, 4.69) is 15.2 Å². The Labute approximate surface area is 166 Å². The van der Waals surface area contributed by atoms with Crippen molar-refractivity contribution in [2.75, 3.05) is 26.7 Å². The summed E-state index contributed by atoms with van der Waals surface area (Å²) in [6, 6.07) is 3.86. The predicted octanol–water partition coefficient (Wildman–Crippen LogP) is 1.87. The molecule has 0 unspecified atom stereocenters. The molecule has 7 nitrogen and oxygen atoms in total. The fourth-order valence-electron chi connectivity index (χ4n) is 4.57. The summed E-state index contributed by atoms with van der Waals surface area (Å²) in [6.45, 7) is 3.26. The summed E-state index contributed by atoms with van der Waals surface area (Å²) in [5.74, 6) is 0.149. The third kappa shape index (κ3) is 4.76. The summed E-state index contributed by atoms with van der Waals surface area (Å²) in [6.07, 6.45) is 6.93. The number of likely N-dealkylation sites (tertiary alicyclic amines) is 1. The molecular formula is C21H30N4O3. The maximum Gasteiger partial charge on any atom is 0.324 e. The Hall–Kier alpha value is -2.28. The Morgan fingerprint density at radius 2 is 2.21 bits per heavy atom. The van der Waals surface area contributed by atoms with Crippen molar-refractivity contribution in [2.45, 2.75) is 45.1 Å². The molecule has 0 bridgehead atoms. The number of rotatable bonds is 5. The number of pyridine rings is 1. The molecule has 0 aromatic carbocycles. The highest BCUT2D eigenvalue weighted by molar-refractivity contribution is 5.95. The lowest BCUT2D eigenvalue weighted by molar-refractivity contribution is -0.138. The largest absolute Gasteiger partial charge is 0.337 e. The van der Waals surface area contributed by atoms with Gasteiger partial charge in [0.2, 0.25) is 5.91 Å². The number of aromatic nitrogens is 1. The molecule has 2 aliphatic rings. The van der Waals surface area contributed by atoms with Gasteiger partial charge >= 0.3 is 6.03 Å². The molecule has 7 heteroatoms. The van der Waals surface area contributed by atoms with Crippen molar-refractivity contribution in [2.24, 2.45) is 11.8 Å². The minimum absolute atomic E-state index is 0.135. The number of carbonyl (C=O) groups excluding carboxylic acids is 3. The zero-order valence-electron chi connectivity index (χ0n) is 16.8. The van der Waals surface area contributed by atoms with Gasteiger partial charge in [-0.3, -0.25) is 19.5 Å². The van der Waals surface area contributed by atoms with E-state index in [9.17, 15) is 14.4 Å². The molecule has 1 aromatic rings. The molecule has 3 atom stereocenters. The number of nitrogens with one attached hydrogen (secondary N) is 1. The van der Waals surface area contributed by atoms with Crippen molar-refractivity contribution >= 4 is 17.7 Å². The Morgan fingerprint density at radius 1 is 1.39 bits per heavy atom. The van der Waals surface area contributed by atoms with Crippen LogP contribution in [0.25, 0.3) is 0 Å². The van der Waals surface area contributed by atoms with Crippen LogP contribution in [0, 0.1) is 11.8 Å². The lowest BCUT2D eigenvalue weighted by atomic mass is 9.74. The molecule has 3 amide bonds. The number of urea groups is 1. The third-order valence-corrected chi connectivity index (χ3v) is 6.00. The van der Waals surface area contributed by atoms with Gasteiger partial charge in [-0.05, 0) is 50.8 Å². The highest BCUT2D eigenvalue weighted by atomic mass is 16.2. The van der Waals surface area contributed by atoms with Crippen molar-refractivity contribution in [1.82, 2.24) is 20.1 Å². The zero-order chi connectivity index (χ0) is 20.1. The summed E-state index contributed by atoms with van der Waals surface area (Å²) in [5, 5.41) is 2.85. The van der Waals surface area contributed by atoms with E-state index >= 15 is 0 Å². The average molecular weight is 386 g/mol. The topological polar surface area (TPSA) is 82.6 Å². The molecule has 2 fully saturated rings. The fraction of sp³-hybridized carbons (Fsp3) is 0.619. The van der Waals surface area contributed by atoms with Crippen molar-refractivity contribution < 1.29 is 14.4 Å². The first-order chi connectivity index (χ1) is 13.5. The van der Waals surface area contributed by atoms with Crippen LogP contribution in [0.1, 0.15) is 38.2 Å². The van der Waals surface area contributed by atoms with E-state index in [-0.39, 0.29) is 23.8 Å². The first-order valence-electron chi connectivity index (χ1n) is 10.2. The summed E-state index contributed by atoms with van der Waals surface area (Å²) >= 11 is 0. The van der Waals surface area contributed by atoms with E-state index < -0.39 is 0 Å². The molecule has 3 rings (SSSR count). The van der Waals surface area contributed by atoms with Crippen LogP contribution in [0.5, 0.6) is 0 Å². The molecule has 1 aromatic heterocycles. The second-order valence-electron chi connectivity index (χ2n) is 7.91. The zero-order valence-corrected chi connectivity index (χ0v) is 16.8. The van der Waals surface area contributed by atoms with E-state index in [4.69, 9.17) is 0 Å². The van der Waals surface area contributed by atoms with Gasteiger partial charge in [-0.15, -0.1) is 0 Å². The van der Waals surface area contributed by atoms with Crippen LogP contribution in [-0.4, -0.2) is 65.2 Å². The summed E-state index contributed by atoms with van der Waals surface area (Å²) in [5.41, 5.74) is 1.04. The number of hydrogen-bond donors (Lipinski definition) is 1. The highest BCUT2D eigenvalue weighted by Gasteiger charge is 2.41. The van der Waals surface area contributed by atoms with Crippen molar-refractivity contribution in [3.63, 3.8) is 0 Å². The molecule has 1 saturated heterocycles. The Bertz CT molecular complexity index is 709. The van der Waals surface area contributed by atoms with Crippen molar-refractivity contribution in [3.05, 3.63) is 30.1 Å². The van der Waals surface area contributed by atoms with E-state index in [0.29, 0.717) is 57.1 Å². The van der Waals surface area contributed by atoms with E-state index in [1.54, 1.807) is 12.4 Å². The Balaban J connectivity index is 1.56. The number of Topliss-reactive ketones (excluding diaryl/α,β-unsaturated/α-hetero) is 1. The third-order valence-electron chi connectivity index (χ3n) is 6.00. The quantitative estimate of drug-likeness (QED) is 0.835. The van der Waals surface area contributed by atoms with Gasteiger partial charge in [-0.25, -0.2) is 4.79 Å². The summed E-state index contributed by atoms with van der Waals surface area (Å²) in [4.78, 5) is 45.1. The van der Waals surface area contributed by atoms with Gasteiger partial charge < -0.3 is 10.2 Å². The number of piperidine rings is 1. The van der Waals surface area contributed by atoms with Crippen LogP contribution in [0.2, 0.25) is 0 Å². The summed E-state index contributed by atoms with van der Waals surface area (Å²) < 4.78 is 0. The fourth-order valence-corrected chi connectivity index (χ4v) is 4.57. The lowest BCUT2D eigenvalue weighted by Crippen LogP contribution is -2.55. The van der Waals surface area contributed by atoms with E-state index in [1.165, 1.54) is 4.90 Å². The van der Waals surface area contributed by atoms with Crippen LogP contribution >= 0.6 is 0 Å². The molecular weight excluding hydrogens is 356 g/mol. The van der Waals surface area contributed by atoms with Gasteiger partial charge in [0.05, 0.1) is 5.92 Å². The van der Waals surface area contributed by atoms with Crippen LogP contribution in [0.3, 0.4) is 0 Å². The van der Waals surface area contributed by atoms with Crippen LogP contribution in [-0.2, 0) is 16.0 Å². The van der Waals surface area contributed by atoms with E-state index in [0.717, 1.165) is 12.0 Å². The molecule has 0 spiro atoms. The minimum atomic E-state index is -0.346.